The summed E-state index contributed by atoms with van der Waals surface area (Å²) in [6, 6.07) is 6.69. The highest BCUT2D eigenvalue weighted by Gasteiger charge is 2.18. The van der Waals surface area contributed by atoms with Crippen LogP contribution in [0.4, 0.5) is 0 Å². The van der Waals surface area contributed by atoms with Crippen LogP contribution in [0.3, 0.4) is 0 Å². The Morgan fingerprint density at radius 2 is 2.42 bits per heavy atom. The third-order valence-electron chi connectivity index (χ3n) is 3.73. The normalized spacial score (nSPS) is 20.6. The quantitative estimate of drug-likeness (QED) is 0.782. The molecule has 0 aromatic carbocycles. The lowest BCUT2D eigenvalue weighted by Gasteiger charge is -2.20. The summed E-state index contributed by atoms with van der Waals surface area (Å²) in [6.45, 7) is 4.26. The van der Waals surface area contributed by atoms with Gasteiger partial charge in [-0.2, -0.15) is 0 Å². The monoisotopic (exact) mass is 262 g/mol. The summed E-state index contributed by atoms with van der Waals surface area (Å²) in [6.07, 6.45) is 9.41. The summed E-state index contributed by atoms with van der Waals surface area (Å²) in [5, 5.41) is 3.65. The SMILES string of the molecule is CCCNC(CCC1CCCO1)Cc1ccccn1. The molecule has 1 aliphatic heterocycles. The minimum absolute atomic E-state index is 0.495. The van der Waals surface area contributed by atoms with Gasteiger partial charge in [-0.25, -0.2) is 0 Å². The van der Waals surface area contributed by atoms with Crippen LogP contribution >= 0.6 is 0 Å². The third kappa shape index (κ3) is 5.29. The van der Waals surface area contributed by atoms with Crippen LogP contribution in [0.15, 0.2) is 24.4 Å². The maximum absolute atomic E-state index is 5.71. The largest absolute Gasteiger partial charge is 0.378 e. The molecule has 0 amide bonds. The van der Waals surface area contributed by atoms with Crippen molar-refractivity contribution in [2.45, 2.75) is 57.6 Å². The maximum atomic E-state index is 5.71. The molecule has 1 aromatic rings. The van der Waals surface area contributed by atoms with Crippen molar-refractivity contribution in [1.82, 2.24) is 10.3 Å². The van der Waals surface area contributed by atoms with Gasteiger partial charge in [0.15, 0.2) is 0 Å². The Kier molecular flexibility index (Phi) is 6.31. The molecule has 2 unspecified atom stereocenters. The van der Waals surface area contributed by atoms with E-state index in [2.05, 4.69) is 29.4 Å². The molecule has 1 saturated heterocycles. The summed E-state index contributed by atoms with van der Waals surface area (Å²) >= 11 is 0. The zero-order chi connectivity index (χ0) is 13.3. The van der Waals surface area contributed by atoms with Crippen molar-refractivity contribution in [3.63, 3.8) is 0 Å². The standard InChI is InChI=1S/C16H26N2O/c1-2-10-17-15(8-9-16-7-5-12-19-16)13-14-6-3-4-11-18-14/h3-4,6,11,15-17H,2,5,7-10,12-13H2,1H3. The van der Waals surface area contributed by atoms with Gasteiger partial charge in [0.05, 0.1) is 6.10 Å². The van der Waals surface area contributed by atoms with Crippen LogP contribution in [0.1, 0.15) is 44.7 Å². The molecule has 2 rings (SSSR count). The van der Waals surface area contributed by atoms with Gasteiger partial charge in [-0.3, -0.25) is 4.98 Å². The van der Waals surface area contributed by atoms with Gasteiger partial charge >= 0.3 is 0 Å². The van der Waals surface area contributed by atoms with Gasteiger partial charge in [-0.05, 0) is 50.8 Å². The number of nitrogens with zero attached hydrogens (tertiary/aromatic N) is 1. The predicted octanol–water partition coefficient (Wildman–Crippen LogP) is 2.95. The van der Waals surface area contributed by atoms with Crippen molar-refractivity contribution < 1.29 is 4.74 Å². The van der Waals surface area contributed by atoms with E-state index in [0.29, 0.717) is 12.1 Å². The highest BCUT2D eigenvalue weighted by molar-refractivity contribution is 5.05. The molecular weight excluding hydrogens is 236 g/mol. The molecular formula is C16H26N2O. The first-order valence-corrected chi connectivity index (χ1v) is 7.63. The van der Waals surface area contributed by atoms with Crippen LogP contribution in [0.5, 0.6) is 0 Å². The summed E-state index contributed by atoms with van der Waals surface area (Å²) < 4.78 is 5.71. The molecule has 106 valence electrons. The van der Waals surface area contributed by atoms with E-state index in [4.69, 9.17) is 4.74 Å². The topological polar surface area (TPSA) is 34.1 Å². The highest BCUT2D eigenvalue weighted by atomic mass is 16.5. The zero-order valence-electron chi connectivity index (χ0n) is 12.0. The summed E-state index contributed by atoms with van der Waals surface area (Å²) in [5.41, 5.74) is 1.18. The van der Waals surface area contributed by atoms with Crippen LogP contribution in [-0.4, -0.2) is 30.3 Å². The minimum atomic E-state index is 0.495. The van der Waals surface area contributed by atoms with Gasteiger partial charge in [-0.1, -0.05) is 13.0 Å². The molecule has 1 N–H and O–H groups in total. The maximum Gasteiger partial charge on any atom is 0.0576 e. The number of rotatable bonds is 8. The van der Waals surface area contributed by atoms with Crippen molar-refractivity contribution in [3.8, 4) is 0 Å². The molecule has 0 spiro atoms. The first kappa shape index (κ1) is 14.5. The number of nitrogens with one attached hydrogen (secondary N) is 1. The summed E-state index contributed by atoms with van der Waals surface area (Å²) in [5.74, 6) is 0. The number of hydrogen-bond donors (Lipinski definition) is 1. The Bertz CT molecular complexity index is 336. The molecule has 1 aromatic heterocycles. The molecule has 0 aliphatic carbocycles. The lowest BCUT2D eigenvalue weighted by molar-refractivity contribution is 0.0995. The van der Waals surface area contributed by atoms with Crippen LogP contribution in [0.2, 0.25) is 0 Å². The number of pyridine rings is 1. The fourth-order valence-corrected chi connectivity index (χ4v) is 2.66. The fourth-order valence-electron chi connectivity index (χ4n) is 2.66. The second kappa shape index (κ2) is 8.28. The molecule has 1 fully saturated rings. The van der Waals surface area contributed by atoms with E-state index in [9.17, 15) is 0 Å². The lowest BCUT2D eigenvalue weighted by Crippen LogP contribution is -2.33. The second-order valence-corrected chi connectivity index (χ2v) is 5.39. The van der Waals surface area contributed by atoms with E-state index in [1.165, 1.54) is 37.8 Å². The molecule has 3 heteroatoms. The Morgan fingerprint density at radius 3 is 3.11 bits per heavy atom. The molecule has 0 bridgehead atoms. The smallest absolute Gasteiger partial charge is 0.0576 e. The molecule has 1 aliphatic rings. The van der Waals surface area contributed by atoms with Crippen molar-refractivity contribution in [3.05, 3.63) is 30.1 Å². The van der Waals surface area contributed by atoms with E-state index >= 15 is 0 Å². The third-order valence-corrected chi connectivity index (χ3v) is 3.73. The molecule has 0 radical (unpaired) electrons. The Morgan fingerprint density at radius 1 is 1.47 bits per heavy atom. The second-order valence-electron chi connectivity index (χ2n) is 5.39. The Hall–Kier alpha value is -0.930. The van der Waals surface area contributed by atoms with Crippen molar-refractivity contribution in [2.75, 3.05) is 13.2 Å². The van der Waals surface area contributed by atoms with Crippen LogP contribution in [0, 0.1) is 0 Å². The molecule has 0 saturated carbocycles. The summed E-state index contributed by atoms with van der Waals surface area (Å²) in [7, 11) is 0. The van der Waals surface area contributed by atoms with Gasteiger partial charge in [0.2, 0.25) is 0 Å². The Balaban J connectivity index is 1.80. The van der Waals surface area contributed by atoms with Crippen LogP contribution in [-0.2, 0) is 11.2 Å². The van der Waals surface area contributed by atoms with E-state index in [-0.39, 0.29) is 0 Å². The van der Waals surface area contributed by atoms with Gasteiger partial charge in [0.25, 0.3) is 0 Å². The number of ether oxygens (including phenoxy) is 1. The molecule has 3 nitrogen and oxygen atoms in total. The molecule has 2 heterocycles. The first-order valence-electron chi connectivity index (χ1n) is 7.63. The lowest BCUT2D eigenvalue weighted by atomic mass is 10.0. The van der Waals surface area contributed by atoms with Crippen molar-refractivity contribution >= 4 is 0 Å². The number of aromatic nitrogens is 1. The fraction of sp³-hybridized carbons (Fsp3) is 0.688. The van der Waals surface area contributed by atoms with Gasteiger partial charge in [0.1, 0.15) is 0 Å². The zero-order valence-corrected chi connectivity index (χ0v) is 12.0. The van der Waals surface area contributed by atoms with E-state index in [1.807, 2.05) is 12.3 Å². The van der Waals surface area contributed by atoms with E-state index in [1.54, 1.807) is 0 Å². The van der Waals surface area contributed by atoms with Gasteiger partial charge in [0, 0.05) is 31.0 Å². The average Bonchev–Trinajstić information content (AvgIpc) is 2.96. The first-order chi connectivity index (χ1) is 9.38. The van der Waals surface area contributed by atoms with Crippen LogP contribution in [0.25, 0.3) is 0 Å². The van der Waals surface area contributed by atoms with Crippen LogP contribution < -0.4 is 5.32 Å². The van der Waals surface area contributed by atoms with Crippen molar-refractivity contribution in [2.24, 2.45) is 0 Å². The van der Waals surface area contributed by atoms with Gasteiger partial charge < -0.3 is 10.1 Å². The molecule has 19 heavy (non-hydrogen) atoms. The molecule has 2 atom stereocenters. The number of hydrogen-bond acceptors (Lipinski definition) is 3. The van der Waals surface area contributed by atoms with E-state index < -0.39 is 0 Å². The Labute approximate surface area is 116 Å². The average molecular weight is 262 g/mol. The minimum Gasteiger partial charge on any atom is -0.378 e. The van der Waals surface area contributed by atoms with Crippen molar-refractivity contribution in [1.29, 1.82) is 0 Å². The van der Waals surface area contributed by atoms with E-state index in [0.717, 1.165) is 19.6 Å². The van der Waals surface area contributed by atoms with Gasteiger partial charge in [-0.15, -0.1) is 0 Å². The summed E-state index contributed by atoms with van der Waals surface area (Å²) in [4.78, 5) is 4.44. The highest BCUT2D eigenvalue weighted by Crippen LogP contribution is 2.18. The predicted molar refractivity (Wildman–Crippen MR) is 78.2 cm³/mol.